The van der Waals surface area contributed by atoms with Crippen LogP contribution in [0.5, 0.6) is 0 Å². The summed E-state index contributed by atoms with van der Waals surface area (Å²) in [5.41, 5.74) is 4.56. The highest BCUT2D eigenvalue weighted by Gasteiger charge is 2.43. The Morgan fingerprint density at radius 2 is 1.79 bits per heavy atom. The fraction of sp³-hybridized carbons (Fsp3) is 0.136. The third-order valence-electron chi connectivity index (χ3n) is 4.99. The Kier molecular flexibility index (Phi) is 6.39. The summed E-state index contributed by atoms with van der Waals surface area (Å²) >= 11 is 0. The maximum absolute atomic E-state index is 14.9. The summed E-state index contributed by atoms with van der Waals surface area (Å²) in [5, 5.41) is 21.2. The van der Waals surface area contributed by atoms with Crippen molar-refractivity contribution in [1.82, 2.24) is 0 Å². The molecule has 10 nitrogen and oxygen atoms in total. The highest BCUT2D eigenvalue weighted by molar-refractivity contribution is 6.06. The lowest BCUT2D eigenvalue weighted by molar-refractivity contribution is -0.384. The minimum Gasteiger partial charge on any atom is -0.466 e. The molecule has 1 heterocycles. The van der Waals surface area contributed by atoms with Crippen LogP contribution in [0.2, 0.25) is 0 Å². The van der Waals surface area contributed by atoms with Crippen LogP contribution in [-0.2, 0) is 19.1 Å². The molecule has 1 aliphatic heterocycles. The molecule has 0 fully saturated rings. The van der Waals surface area contributed by atoms with E-state index in [0.717, 1.165) is 37.3 Å². The van der Waals surface area contributed by atoms with Crippen LogP contribution in [0.3, 0.4) is 0 Å². The lowest BCUT2D eigenvalue weighted by Crippen LogP contribution is -2.41. The molecule has 11 heteroatoms. The summed E-state index contributed by atoms with van der Waals surface area (Å²) in [6.45, 7) is 0. The summed E-state index contributed by atoms with van der Waals surface area (Å²) in [5.74, 6) is -4.64. The number of halogens is 1. The van der Waals surface area contributed by atoms with Gasteiger partial charge in [0.05, 0.1) is 48.0 Å². The van der Waals surface area contributed by atoms with Crippen LogP contribution < -0.4 is 10.6 Å². The molecule has 0 bridgehead atoms. The number of non-ortho nitro benzene ring substituents is 1. The molecule has 0 spiro atoms. The van der Waals surface area contributed by atoms with Crippen LogP contribution in [0.4, 0.5) is 15.8 Å². The van der Waals surface area contributed by atoms with Gasteiger partial charge in [0.25, 0.3) is 5.69 Å². The molecule has 0 radical (unpaired) electrons. The third kappa shape index (κ3) is 3.97. The van der Waals surface area contributed by atoms with E-state index < -0.39 is 51.5 Å². The van der Waals surface area contributed by atoms with Gasteiger partial charge in [-0.25, -0.2) is 14.0 Å². The number of nitrogens with zero attached hydrogens (tertiary/aromatic N) is 3. The molecule has 2 N–H and O–H groups in total. The quantitative estimate of drug-likeness (QED) is 0.410. The van der Waals surface area contributed by atoms with E-state index >= 15 is 0 Å². The molecule has 2 aromatic carbocycles. The smallest absolute Gasteiger partial charge is 0.355 e. The van der Waals surface area contributed by atoms with Crippen molar-refractivity contribution in [2.24, 2.45) is 5.73 Å². The molecule has 0 saturated heterocycles. The Hall–Kier alpha value is -4.72. The van der Waals surface area contributed by atoms with Gasteiger partial charge in [-0.1, -0.05) is 30.3 Å². The van der Waals surface area contributed by atoms with E-state index in [1.807, 2.05) is 6.07 Å². The van der Waals surface area contributed by atoms with Crippen molar-refractivity contribution < 1.29 is 28.4 Å². The van der Waals surface area contributed by atoms with Gasteiger partial charge in [0.2, 0.25) is 0 Å². The maximum atomic E-state index is 14.9. The number of esters is 2. The average molecular weight is 452 g/mol. The zero-order valence-corrected chi connectivity index (χ0v) is 17.4. The van der Waals surface area contributed by atoms with Crippen molar-refractivity contribution in [3.8, 4) is 6.07 Å². The number of rotatable bonds is 5. The summed E-state index contributed by atoms with van der Waals surface area (Å²) in [6.07, 6.45) is 0. The van der Waals surface area contributed by atoms with Gasteiger partial charge in [-0.3, -0.25) is 15.0 Å². The van der Waals surface area contributed by atoms with Crippen LogP contribution in [0.1, 0.15) is 11.5 Å². The molecule has 0 aromatic heterocycles. The van der Waals surface area contributed by atoms with E-state index in [0.29, 0.717) is 5.56 Å². The molecule has 1 aliphatic rings. The number of carbonyl (C=O) groups excluding carboxylic acids is 2. The number of nitriles is 1. The number of anilines is 1. The van der Waals surface area contributed by atoms with Crippen LogP contribution >= 0.6 is 0 Å². The molecule has 1 atom stereocenters. The van der Waals surface area contributed by atoms with Crippen LogP contribution in [0.15, 0.2) is 71.2 Å². The SMILES string of the molecule is COC(=O)C1=C(C(=O)OC)N(c2cc([N+](=O)[O-])ccc2F)C(N)=C(C#N)C1c1ccccc1. The number of nitro benzene ring substituents is 1. The van der Waals surface area contributed by atoms with Gasteiger partial charge in [-0.05, 0) is 11.6 Å². The Morgan fingerprint density at radius 1 is 1.15 bits per heavy atom. The number of ether oxygens (including phenoxy) is 2. The number of hydrogen-bond donors (Lipinski definition) is 1. The standard InChI is InChI=1S/C22H17FN4O6/c1-32-21(28)18-17(12-6-4-3-5-7-12)14(11-24)20(25)26(19(18)22(29)33-2)16-10-13(27(30)31)8-9-15(16)23/h3-10,17H,25H2,1-2H3. The summed E-state index contributed by atoms with van der Waals surface area (Å²) in [6, 6.07) is 12.7. The largest absolute Gasteiger partial charge is 0.466 e. The molecule has 2 aromatic rings. The Labute approximate surface area is 187 Å². The van der Waals surface area contributed by atoms with Crippen molar-refractivity contribution in [2.75, 3.05) is 19.1 Å². The van der Waals surface area contributed by atoms with Gasteiger partial charge in [0.1, 0.15) is 17.3 Å². The molecule has 168 valence electrons. The van der Waals surface area contributed by atoms with Crippen molar-refractivity contribution in [2.45, 2.75) is 5.92 Å². The van der Waals surface area contributed by atoms with Crippen molar-refractivity contribution >= 4 is 23.3 Å². The van der Waals surface area contributed by atoms with Crippen LogP contribution in [0, 0.1) is 27.3 Å². The third-order valence-corrected chi connectivity index (χ3v) is 4.99. The minimum absolute atomic E-state index is 0.194. The number of methoxy groups -OCH3 is 2. The van der Waals surface area contributed by atoms with Gasteiger partial charge in [0, 0.05) is 12.1 Å². The molecule has 0 amide bonds. The number of nitrogens with two attached hydrogens (primary N) is 1. The van der Waals surface area contributed by atoms with Gasteiger partial charge >= 0.3 is 11.9 Å². The Balaban J connectivity index is 2.46. The fourth-order valence-electron chi connectivity index (χ4n) is 3.55. The van der Waals surface area contributed by atoms with Crippen LogP contribution in [0.25, 0.3) is 0 Å². The lowest BCUT2D eigenvalue weighted by Gasteiger charge is -2.35. The second-order valence-corrected chi connectivity index (χ2v) is 6.73. The molecule has 0 saturated carbocycles. The second kappa shape index (κ2) is 9.19. The summed E-state index contributed by atoms with van der Waals surface area (Å²) in [4.78, 5) is 37.0. The molecular weight excluding hydrogens is 435 g/mol. The van der Waals surface area contributed by atoms with E-state index in [1.54, 1.807) is 30.3 Å². The topological polar surface area (TPSA) is 149 Å². The van der Waals surface area contributed by atoms with E-state index in [9.17, 15) is 29.4 Å². The summed E-state index contributed by atoms with van der Waals surface area (Å²) in [7, 11) is 2.10. The highest BCUT2D eigenvalue weighted by Crippen LogP contribution is 2.44. The van der Waals surface area contributed by atoms with Crippen molar-refractivity contribution in [3.63, 3.8) is 0 Å². The fourth-order valence-corrected chi connectivity index (χ4v) is 3.55. The highest BCUT2D eigenvalue weighted by atomic mass is 19.1. The lowest BCUT2D eigenvalue weighted by atomic mass is 9.81. The number of carbonyl (C=O) groups is 2. The minimum atomic E-state index is -1.14. The van der Waals surface area contributed by atoms with Crippen molar-refractivity contribution in [3.05, 3.63) is 92.7 Å². The number of allylic oxidation sites excluding steroid dienone is 1. The first kappa shape index (κ1) is 23.0. The maximum Gasteiger partial charge on any atom is 0.355 e. The second-order valence-electron chi connectivity index (χ2n) is 6.73. The molecule has 3 rings (SSSR count). The number of nitro groups is 1. The zero-order chi connectivity index (χ0) is 24.3. The predicted molar refractivity (Wildman–Crippen MR) is 113 cm³/mol. The van der Waals surface area contributed by atoms with E-state index in [1.165, 1.54) is 0 Å². The van der Waals surface area contributed by atoms with E-state index in [4.69, 9.17) is 15.2 Å². The zero-order valence-electron chi connectivity index (χ0n) is 17.4. The number of benzene rings is 2. The first-order chi connectivity index (χ1) is 15.8. The molecular formula is C22H17FN4O6. The van der Waals surface area contributed by atoms with Crippen molar-refractivity contribution in [1.29, 1.82) is 5.26 Å². The summed E-state index contributed by atoms with van der Waals surface area (Å²) < 4.78 is 24.6. The van der Waals surface area contributed by atoms with E-state index in [-0.39, 0.29) is 11.1 Å². The predicted octanol–water partition coefficient (Wildman–Crippen LogP) is 2.63. The first-order valence-corrected chi connectivity index (χ1v) is 9.36. The Bertz CT molecular complexity index is 1250. The monoisotopic (exact) mass is 452 g/mol. The first-order valence-electron chi connectivity index (χ1n) is 9.36. The van der Waals surface area contributed by atoms with Crippen LogP contribution in [-0.4, -0.2) is 31.1 Å². The number of hydrogen-bond acceptors (Lipinski definition) is 9. The van der Waals surface area contributed by atoms with E-state index in [2.05, 4.69) is 0 Å². The average Bonchev–Trinajstić information content (AvgIpc) is 2.83. The normalized spacial score (nSPS) is 15.7. The Morgan fingerprint density at radius 3 is 2.33 bits per heavy atom. The molecule has 1 unspecified atom stereocenters. The van der Waals surface area contributed by atoms with Gasteiger partial charge < -0.3 is 15.2 Å². The van der Waals surface area contributed by atoms with Gasteiger partial charge in [-0.15, -0.1) is 0 Å². The molecule has 0 aliphatic carbocycles. The van der Waals surface area contributed by atoms with Gasteiger partial charge in [0.15, 0.2) is 0 Å². The molecule has 33 heavy (non-hydrogen) atoms. The van der Waals surface area contributed by atoms with Gasteiger partial charge in [-0.2, -0.15) is 5.26 Å².